The second-order valence-electron chi connectivity index (χ2n) is 9.58. The Morgan fingerprint density at radius 1 is 1.24 bits per heavy atom. The molecule has 0 saturated heterocycles. The molecule has 0 bridgehead atoms. The molecule has 4 rings (SSSR count). The summed E-state index contributed by atoms with van der Waals surface area (Å²) in [4.78, 5) is 59.9. The molecule has 1 N–H and O–H groups in total. The van der Waals surface area contributed by atoms with Crippen LogP contribution in [-0.4, -0.2) is 51.0 Å². The number of aromatic amines is 1. The van der Waals surface area contributed by atoms with E-state index in [4.69, 9.17) is 4.74 Å². The molecule has 33 heavy (non-hydrogen) atoms. The van der Waals surface area contributed by atoms with Crippen LogP contribution < -0.4 is 11.2 Å². The fraction of sp³-hybridized carbons (Fsp3) is 0.625. The first-order chi connectivity index (χ1) is 15.8. The molecule has 0 unspecified atom stereocenters. The van der Waals surface area contributed by atoms with Gasteiger partial charge in [-0.25, -0.2) is 9.78 Å². The smallest absolute Gasteiger partial charge is 0.330 e. The average molecular weight is 457 g/mol. The molecule has 178 valence electrons. The Morgan fingerprint density at radius 3 is 2.58 bits per heavy atom. The van der Waals surface area contributed by atoms with E-state index >= 15 is 0 Å². The van der Waals surface area contributed by atoms with Crippen LogP contribution in [0.4, 0.5) is 0 Å². The molecule has 0 radical (unpaired) electrons. The van der Waals surface area contributed by atoms with Crippen LogP contribution in [0.15, 0.2) is 15.7 Å². The maximum atomic E-state index is 13.8. The van der Waals surface area contributed by atoms with Crippen LogP contribution in [0.1, 0.15) is 74.8 Å². The molecule has 0 aliphatic heterocycles. The van der Waals surface area contributed by atoms with Gasteiger partial charge in [0.1, 0.15) is 0 Å². The second-order valence-corrected chi connectivity index (χ2v) is 9.58. The summed E-state index contributed by atoms with van der Waals surface area (Å²) in [6, 6.07) is 1.71. The summed E-state index contributed by atoms with van der Waals surface area (Å²) in [5, 5.41) is 0.140. The minimum atomic E-state index is -0.607. The maximum Gasteiger partial charge on any atom is 0.330 e. The molecule has 2 aromatic rings. The lowest BCUT2D eigenvalue weighted by Crippen LogP contribution is -2.37. The minimum Gasteiger partial charge on any atom is -0.466 e. The molecular weight excluding hydrogens is 424 g/mol. The molecule has 1 amide bonds. The Kier molecular flexibility index (Phi) is 6.67. The summed E-state index contributed by atoms with van der Waals surface area (Å²) in [6.07, 6.45) is 4.13. The van der Waals surface area contributed by atoms with Gasteiger partial charge in [0.25, 0.3) is 11.5 Å². The molecule has 2 aliphatic carbocycles. The van der Waals surface area contributed by atoms with Crippen molar-refractivity contribution in [2.75, 3.05) is 19.7 Å². The molecule has 9 heteroatoms. The number of pyridine rings is 1. The molecule has 2 heterocycles. The minimum absolute atomic E-state index is 0.0964. The molecular formula is C24H32N4O5. The molecule has 0 spiro atoms. The number of nitrogens with zero attached hydrogens (tertiary/aromatic N) is 3. The van der Waals surface area contributed by atoms with Gasteiger partial charge in [-0.05, 0) is 50.5 Å². The van der Waals surface area contributed by atoms with Crippen LogP contribution in [0.3, 0.4) is 0 Å². The largest absolute Gasteiger partial charge is 0.466 e. The number of ether oxygens (including phenoxy) is 1. The summed E-state index contributed by atoms with van der Waals surface area (Å²) in [5.41, 5.74) is 0.138. The summed E-state index contributed by atoms with van der Waals surface area (Å²) in [6.45, 7) is 7.13. The van der Waals surface area contributed by atoms with Gasteiger partial charge in [-0.15, -0.1) is 0 Å². The molecule has 2 aliphatic rings. The zero-order valence-corrected chi connectivity index (χ0v) is 19.6. The molecule has 0 aromatic carbocycles. The normalized spacial score (nSPS) is 15.8. The number of hydrogen-bond donors (Lipinski definition) is 1. The van der Waals surface area contributed by atoms with Gasteiger partial charge in [0.05, 0.1) is 24.0 Å². The number of amides is 1. The topological polar surface area (TPSA) is 114 Å². The van der Waals surface area contributed by atoms with Crippen molar-refractivity contribution in [1.29, 1.82) is 0 Å². The van der Waals surface area contributed by atoms with Crippen LogP contribution >= 0.6 is 0 Å². The SMILES string of the molecule is CCOC(=O)CCN(CC1CC1)C(=O)c1cc(C2CC2)nc2c1c(=O)[nH]c(=O)n2CC(C)C. The first-order valence-electron chi connectivity index (χ1n) is 11.9. The van der Waals surface area contributed by atoms with Gasteiger partial charge < -0.3 is 9.64 Å². The third kappa shape index (κ3) is 5.34. The quantitative estimate of drug-likeness (QED) is 0.549. The van der Waals surface area contributed by atoms with E-state index in [-0.39, 0.29) is 59.9 Å². The van der Waals surface area contributed by atoms with E-state index in [1.165, 1.54) is 4.57 Å². The van der Waals surface area contributed by atoms with Gasteiger partial charge in [0.2, 0.25) is 0 Å². The van der Waals surface area contributed by atoms with Crippen LogP contribution in [0.2, 0.25) is 0 Å². The molecule has 2 fully saturated rings. The van der Waals surface area contributed by atoms with Crippen molar-refractivity contribution in [2.24, 2.45) is 11.8 Å². The van der Waals surface area contributed by atoms with Gasteiger partial charge >= 0.3 is 11.7 Å². The van der Waals surface area contributed by atoms with Gasteiger partial charge in [0, 0.05) is 31.2 Å². The van der Waals surface area contributed by atoms with Crippen LogP contribution in [-0.2, 0) is 16.1 Å². The summed E-state index contributed by atoms with van der Waals surface area (Å²) in [7, 11) is 0. The first kappa shape index (κ1) is 23.2. The van der Waals surface area contributed by atoms with Gasteiger partial charge in [-0.3, -0.25) is 23.9 Å². The molecule has 0 atom stereocenters. The van der Waals surface area contributed by atoms with Gasteiger partial charge in [0.15, 0.2) is 5.65 Å². The van der Waals surface area contributed by atoms with E-state index in [0.29, 0.717) is 19.0 Å². The fourth-order valence-corrected chi connectivity index (χ4v) is 4.10. The number of nitrogens with one attached hydrogen (secondary N) is 1. The van der Waals surface area contributed by atoms with Crippen molar-refractivity contribution in [2.45, 2.75) is 65.3 Å². The zero-order chi connectivity index (χ0) is 23.7. The Hall–Kier alpha value is -2.97. The number of fused-ring (bicyclic) bond motifs is 1. The van der Waals surface area contributed by atoms with E-state index in [2.05, 4.69) is 9.97 Å². The Morgan fingerprint density at radius 2 is 1.97 bits per heavy atom. The lowest BCUT2D eigenvalue weighted by atomic mass is 10.1. The van der Waals surface area contributed by atoms with E-state index in [9.17, 15) is 19.2 Å². The Labute approximate surface area is 192 Å². The van der Waals surface area contributed by atoms with E-state index in [1.807, 2.05) is 13.8 Å². The Balaban J connectivity index is 1.80. The van der Waals surface area contributed by atoms with E-state index < -0.39 is 11.2 Å². The highest BCUT2D eigenvalue weighted by Crippen LogP contribution is 2.40. The van der Waals surface area contributed by atoms with Gasteiger partial charge in [-0.1, -0.05) is 13.8 Å². The maximum absolute atomic E-state index is 13.8. The standard InChI is InChI=1S/C24H32N4O5/c1-4-33-19(29)9-10-27(13-15-5-6-15)23(31)17-11-18(16-7-8-16)25-21-20(17)22(30)26-24(32)28(21)12-14(2)3/h11,14-16H,4-10,12-13H2,1-3H3,(H,26,30,32). The highest BCUT2D eigenvalue weighted by Gasteiger charge is 2.32. The van der Waals surface area contributed by atoms with Crippen molar-refractivity contribution in [3.63, 3.8) is 0 Å². The predicted octanol–water partition coefficient (Wildman–Crippen LogP) is 2.42. The average Bonchev–Trinajstić information content (AvgIpc) is 3.67. The monoisotopic (exact) mass is 456 g/mol. The number of aromatic nitrogens is 3. The van der Waals surface area contributed by atoms with Crippen molar-refractivity contribution >= 4 is 22.9 Å². The van der Waals surface area contributed by atoms with Gasteiger partial charge in [-0.2, -0.15) is 0 Å². The number of carbonyl (C=O) groups is 2. The van der Waals surface area contributed by atoms with E-state index in [0.717, 1.165) is 31.4 Å². The van der Waals surface area contributed by atoms with Crippen molar-refractivity contribution in [3.8, 4) is 0 Å². The van der Waals surface area contributed by atoms with Crippen molar-refractivity contribution < 1.29 is 14.3 Å². The molecule has 9 nitrogen and oxygen atoms in total. The number of esters is 1. The first-order valence-corrected chi connectivity index (χ1v) is 11.9. The molecule has 2 aromatic heterocycles. The summed E-state index contributed by atoms with van der Waals surface area (Å²) >= 11 is 0. The zero-order valence-electron chi connectivity index (χ0n) is 19.6. The number of carbonyl (C=O) groups excluding carboxylic acids is 2. The summed E-state index contributed by atoms with van der Waals surface area (Å²) in [5.74, 6) is 0.135. The number of rotatable bonds is 10. The lowest BCUT2D eigenvalue weighted by molar-refractivity contribution is -0.143. The highest BCUT2D eigenvalue weighted by atomic mass is 16.5. The lowest BCUT2D eigenvalue weighted by Gasteiger charge is -2.23. The van der Waals surface area contributed by atoms with Crippen LogP contribution in [0.5, 0.6) is 0 Å². The number of hydrogen-bond acceptors (Lipinski definition) is 6. The summed E-state index contributed by atoms with van der Waals surface area (Å²) < 4.78 is 6.50. The highest BCUT2D eigenvalue weighted by molar-refractivity contribution is 6.05. The molecule has 2 saturated carbocycles. The van der Waals surface area contributed by atoms with Crippen molar-refractivity contribution in [1.82, 2.24) is 19.4 Å². The van der Waals surface area contributed by atoms with Crippen LogP contribution in [0, 0.1) is 11.8 Å². The van der Waals surface area contributed by atoms with E-state index in [1.54, 1.807) is 17.9 Å². The third-order valence-corrected chi connectivity index (χ3v) is 6.10. The van der Waals surface area contributed by atoms with Crippen molar-refractivity contribution in [3.05, 3.63) is 38.2 Å². The second kappa shape index (κ2) is 9.49. The number of H-pyrrole nitrogens is 1. The van der Waals surface area contributed by atoms with Crippen LogP contribution in [0.25, 0.3) is 11.0 Å². The third-order valence-electron chi connectivity index (χ3n) is 6.10. The Bertz CT molecular complexity index is 1170. The predicted molar refractivity (Wildman–Crippen MR) is 123 cm³/mol. The fourth-order valence-electron chi connectivity index (χ4n) is 4.10.